The molecule has 0 aliphatic rings. The Morgan fingerprint density at radius 3 is 2.77 bits per heavy atom. The number of hydrogen-bond donors (Lipinski definition) is 2. The second kappa shape index (κ2) is 4.20. The van der Waals surface area contributed by atoms with Crippen molar-refractivity contribution in [3.63, 3.8) is 0 Å². The topological polar surface area (TPSA) is 61.3 Å². The number of benzene rings is 1. The first kappa shape index (κ1) is 9.95. The van der Waals surface area contributed by atoms with E-state index in [-0.39, 0.29) is 11.8 Å². The van der Waals surface area contributed by atoms with E-state index in [1.807, 2.05) is 0 Å². The van der Waals surface area contributed by atoms with E-state index in [0.717, 1.165) is 5.56 Å². The highest BCUT2D eigenvalue weighted by molar-refractivity contribution is 5.32. The molecular weight excluding hydrogens is 171 g/mol. The maximum Gasteiger partial charge on any atom is 0.165 e. The zero-order valence-electron chi connectivity index (χ0n) is 7.46. The van der Waals surface area contributed by atoms with Gasteiger partial charge in [0.2, 0.25) is 0 Å². The zero-order chi connectivity index (χ0) is 9.84. The third-order valence-electron chi connectivity index (χ3n) is 1.86. The predicted octanol–water partition coefficient (Wildman–Crippen LogP) is 0.793. The van der Waals surface area contributed by atoms with Crippen molar-refractivity contribution < 1.29 is 9.13 Å². The molecule has 13 heavy (non-hydrogen) atoms. The van der Waals surface area contributed by atoms with Crippen LogP contribution in [0.4, 0.5) is 4.39 Å². The molecule has 1 aromatic carbocycles. The predicted molar refractivity (Wildman–Crippen MR) is 48.9 cm³/mol. The van der Waals surface area contributed by atoms with E-state index in [1.165, 1.54) is 13.2 Å². The summed E-state index contributed by atoms with van der Waals surface area (Å²) < 4.78 is 17.7. The Hall–Kier alpha value is -1.13. The number of nitrogens with two attached hydrogens (primary N) is 2. The Morgan fingerprint density at radius 2 is 2.23 bits per heavy atom. The molecule has 0 spiro atoms. The molecule has 0 aromatic heterocycles. The van der Waals surface area contributed by atoms with Crippen molar-refractivity contribution in [2.75, 3.05) is 13.7 Å². The average molecular weight is 184 g/mol. The lowest BCUT2D eigenvalue weighted by Crippen LogP contribution is -2.20. The van der Waals surface area contributed by atoms with Crippen LogP contribution in [-0.4, -0.2) is 13.7 Å². The largest absolute Gasteiger partial charge is 0.494 e. The van der Waals surface area contributed by atoms with E-state index in [2.05, 4.69) is 0 Å². The fraction of sp³-hybridized carbons (Fsp3) is 0.333. The standard InChI is InChI=1S/C9H13FN2O/c1-13-9-4-6(8(12)5-11)2-3-7(9)10/h2-4,8H,5,11-12H2,1H3/t8-/m0/s1. The van der Waals surface area contributed by atoms with Gasteiger partial charge in [0.05, 0.1) is 7.11 Å². The molecule has 72 valence electrons. The van der Waals surface area contributed by atoms with E-state index in [1.54, 1.807) is 12.1 Å². The van der Waals surface area contributed by atoms with Gasteiger partial charge >= 0.3 is 0 Å². The molecule has 0 aliphatic heterocycles. The SMILES string of the molecule is COc1cc([C@@H](N)CN)ccc1F. The van der Waals surface area contributed by atoms with Gasteiger partial charge in [-0.05, 0) is 17.7 Å². The van der Waals surface area contributed by atoms with E-state index >= 15 is 0 Å². The monoisotopic (exact) mass is 184 g/mol. The second-order valence-electron chi connectivity index (χ2n) is 2.74. The number of hydrogen-bond acceptors (Lipinski definition) is 3. The van der Waals surface area contributed by atoms with Gasteiger partial charge in [-0.1, -0.05) is 6.07 Å². The first-order valence-electron chi connectivity index (χ1n) is 3.98. The summed E-state index contributed by atoms with van der Waals surface area (Å²) in [5.74, 6) is -0.197. The van der Waals surface area contributed by atoms with Gasteiger partial charge < -0.3 is 16.2 Å². The number of ether oxygens (including phenoxy) is 1. The van der Waals surface area contributed by atoms with Crippen LogP contribution in [0.5, 0.6) is 5.75 Å². The number of methoxy groups -OCH3 is 1. The average Bonchev–Trinajstić information content (AvgIpc) is 2.17. The summed E-state index contributed by atoms with van der Waals surface area (Å²) in [4.78, 5) is 0. The van der Waals surface area contributed by atoms with Crippen molar-refractivity contribution in [1.82, 2.24) is 0 Å². The molecule has 1 rings (SSSR count). The van der Waals surface area contributed by atoms with Crippen LogP contribution in [0, 0.1) is 5.82 Å². The molecule has 0 unspecified atom stereocenters. The van der Waals surface area contributed by atoms with Crippen molar-refractivity contribution in [3.8, 4) is 5.75 Å². The summed E-state index contributed by atoms with van der Waals surface area (Å²) in [5.41, 5.74) is 11.8. The molecule has 0 saturated carbocycles. The Labute approximate surface area is 76.5 Å². The third-order valence-corrected chi connectivity index (χ3v) is 1.86. The maximum absolute atomic E-state index is 12.9. The van der Waals surface area contributed by atoms with Gasteiger partial charge in [0, 0.05) is 12.6 Å². The zero-order valence-corrected chi connectivity index (χ0v) is 7.46. The molecule has 0 saturated heterocycles. The second-order valence-corrected chi connectivity index (χ2v) is 2.74. The number of rotatable bonds is 3. The quantitative estimate of drug-likeness (QED) is 0.730. The summed E-state index contributed by atoms with van der Waals surface area (Å²) in [5, 5.41) is 0. The molecule has 0 heterocycles. The number of halogens is 1. The lowest BCUT2D eigenvalue weighted by Gasteiger charge is -2.10. The van der Waals surface area contributed by atoms with Crippen LogP contribution >= 0.6 is 0 Å². The highest BCUT2D eigenvalue weighted by Gasteiger charge is 2.07. The van der Waals surface area contributed by atoms with Crippen LogP contribution in [0.2, 0.25) is 0 Å². The molecular formula is C9H13FN2O. The summed E-state index contributed by atoms with van der Waals surface area (Å²) in [6.07, 6.45) is 0. The Balaban J connectivity index is 2.99. The molecule has 1 atom stereocenters. The maximum atomic E-state index is 12.9. The first-order valence-corrected chi connectivity index (χ1v) is 3.98. The Kier molecular flexibility index (Phi) is 3.22. The fourth-order valence-electron chi connectivity index (χ4n) is 1.04. The minimum atomic E-state index is -0.393. The minimum Gasteiger partial charge on any atom is -0.494 e. The highest BCUT2D eigenvalue weighted by Crippen LogP contribution is 2.20. The molecule has 3 nitrogen and oxygen atoms in total. The van der Waals surface area contributed by atoms with Gasteiger partial charge in [0.15, 0.2) is 11.6 Å². The lowest BCUT2D eigenvalue weighted by atomic mass is 10.1. The van der Waals surface area contributed by atoms with Gasteiger partial charge in [-0.15, -0.1) is 0 Å². The van der Waals surface area contributed by atoms with Gasteiger partial charge in [-0.25, -0.2) is 4.39 Å². The Bertz CT molecular complexity index is 291. The van der Waals surface area contributed by atoms with Crippen molar-refractivity contribution in [3.05, 3.63) is 29.6 Å². The van der Waals surface area contributed by atoms with Crippen molar-refractivity contribution in [1.29, 1.82) is 0 Å². The van der Waals surface area contributed by atoms with Gasteiger partial charge in [-0.2, -0.15) is 0 Å². The van der Waals surface area contributed by atoms with E-state index in [9.17, 15) is 4.39 Å². The van der Waals surface area contributed by atoms with Crippen LogP contribution < -0.4 is 16.2 Å². The molecule has 0 radical (unpaired) electrons. The van der Waals surface area contributed by atoms with E-state index in [4.69, 9.17) is 16.2 Å². The van der Waals surface area contributed by atoms with E-state index in [0.29, 0.717) is 6.54 Å². The normalized spacial score (nSPS) is 12.6. The van der Waals surface area contributed by atoms with Crippen LogP contribution in [0.3, 0.4) is 0 Å². The fourth-order valence-corrected chi connectivity index (χ4v) is 1.04. The molecule has 4 N–H and O–H groups in total. The summed E-state index contributed by atoms with van der Waals surface area (Å²) in [6, 6.07) is 4.22. The van der Waals surface area contributed by atoms with Crippen molar-refractivity contribution >= 4 is 0 Å². The molecule has 1 aromatic rings. The van der Waals surface area contributed by atoms with Gasteiger partial charge in [0.1, 0.15) is 0 Å². The molecule has 0 bridgehead atoms. The summed E-state index contributed by atoms with van der Waals surface area (Å²) in [7, 11) is 1.41. The first-order chi connectivity index (χ1) is 6.19. The summed E-state index contributed by atoms with van der Waals surface area (Å²) >= 11 is 0. The smallest absolute Gasteiger partial charge is 0.165 e. The molecule has 4 heteroatoms. The van der Waals surface area contributed by atoms with Crippen LogP contribution in [-0.2, 0) is 0 Å². The van der Waals surface area contributed by atoms with E-state index < -0.39 is 5.82 Å². The Morgan fingerprint density at radius 1 is 1.54 bits per heavy atom. The van der Waals surface area contributed by atoms with Crippen molar-refractivity contribution in [2.24, 2.45) is 11.5 Å². The summed E-state index contributed by atoms with van der Waals surface area (Å²) in [6.45, 7) is 0.328. The highest BCUT2D eigenvalue weighted by atomic mass is 19.1. The third kappa shape index (κ3) is 2.17. The lowest BCUT2D eigenvalue weighted by molar-refractivity contribution is 0.385. The van der Waals surface area contributed by atoms with Crippen molar-refractivity contribution in [2.45, 2.75) is 6.04 Å². The van der Waals surface area contributed by atoms with Crippen LogP contribution in [0.15, 0.2) is 18.2 Å². The molecule has 0 fully saturated rings. The van der Waals surface area contributed by atoms with Crippen LogP contribution in [0.1, 0.15) is 11.6 Å². The molecule has 0 aliphatic carbocycles. The van der Waals surface area contributed by atoms with Gasteiger partial charge in [0.25, 0.3) is 0 Å². The van der Waals surface area contributed by atoms with Gasteiger partial charge in [-0.3, -0.25) is 0 Å². The molecule has 0 amide bonds. The minimum absolute atomic E-state index is 0.196. The van der Waals surface area contributed by atoms with Crippen LogP contribution in [0.25, 0.3) is 0 Å².